The second kappa shape index (κ2) is 5.30. The molecule has 1 heterocycles. The quantitative estimate of drug-likeness (QED) is 0.867. The predicted molar refractivity (Wildman–Crippen MR) is 77.7 cm³/mol. The number of amides is 2. The van der Waals surface area contributed by atoms with Gasteiger partial charge in [0.15, 0.2) is 0 Å². The molecule has 1 saturated heterocycles. The van der Waals surface area contributed by atoms with E-state index in [4.69, 9.17) is 11.6 Å². The summed E-state index contributed by atoms with van der Waals surface area (Å²) in [6.07, 6.45) is 4.00. The van der Waals surface area contributed by atoms with Gasteiger partial charge in [0.25, 0.3) is 5.91 Å². The lowest BCUT2D eigenvalue weighted by Crippen LogP contribution is -2.67. The minimum atomic E-state index is -0.890. The van der Waals surface area contributed by atoms with Crippen molar-refractivity contribution in [3.63, 3.8) is 0 Å². The number of anilines is 1. The number of carbonyl (C=O) groups excluding carboxylic acids is 2. The first kappa shape index (κ1) is 14.3. The lowest BCUT2D eigenvalue weighted by Gasteiger charge is -2.44. The Hall–Kier alpha value is -1.62. The Morgan fingerprint density at radius 3 is 2.57 bits per heavy atom. The summed E-state index contributed by atoms with van der Waals surface area (Å²) in [6.45, 7) is -0.193. The fourth-order valence-corrected chi connectivity index (χ4v) is 3.52. The molecule has 6 heteroatoms. The van der Waals surface area contributed by atoms with Crippen molar-refractivity contribution in [2.24, 2.45) is 0 Å². The average Bonchev–Trinajstić information content (AvgIpc) is 2.45. The third kappa shape index (κ3) is 2.39. The molecule has 1 aromatic rings. The Morgan fingerprint density at radius 1 is 1.19 bits per heavy atom. The summed E-state index contributed by atoms with van der Waals surface area (Å²) in [5.41, 5.74) is -0.886. The Labute approximate surface area is 127 Å². The van der Waals surface area contributed by atoms with Crippen molar-refractivity contribution in [2.75, 3.05) is 11.4 Å². The van der Waals surface area contributed by atoms with Gasteiger partial charge in [0.05, 0.1) is 10.7 Å². The first-order chi connectivity index (χ1) is 10.0. The van der Waals surface area contributed by atoms with Crippen LogP contribution in [0.1, 0.15) is 32.1 Å². The van der Waals surface area contributed by atoms with Gasteiger partial charge in [0, 0.05) is 0 Å². The van der Waals surface area contributed by atoms with Crippen molar-refractivity contribution in [1.29, 1.82) is 0 Å². The minimum Gasteiger partial charge on any atom is -0.340 e. The lowest BCUT2D eigenvalue weighted by atomic mass is 9.79. The number of benzene rings is 1. The molecular weight excluding hydrogens is 295 g/mol. The van der Waals surface area contributed by atoms with Crippen molar-refractivity contribution in [3.8, 4) is 0 Å². The van der Waals surface area contributed by atoms with Gasteiger partial charge in [-0.25, -0.2) is 4.39 Å². The third-order valence-corrected chi connectivity index (χ3v) is 4.55. The van der Waals surface area contributed by atoms with Crippen molar-refractivity contribution < 1.29 is 14.0 Å². The Morgan fingerprint density at radius 2 is 1.90 bits per heavy atom. The fourth-order valence-electron chi connectivity index (χ4n) is 3.26. The molecule has 1 N–H and O–H groups in total. The van der Waals surface area contributed by atoms with Gasteiger partial charge >= 0.3 is 0 Å². The van der Waals surface area contributed by atoms with Crippen LogP contribution >= 0.6 is 11.6 Å². The molecule has 0 aromatic heterocycles. The van der Waals surface area contributed by atoms with E-state index in [0.29, 0.717) is 12.8 Å². The average molecular weight is 311 g/mol. The van der Waals surface area contributed by atoms with Crippen LogP contribution in [0.3, 0.4) is 0 Å². The van der Waals surface area contributed by atoms with E-state index < -0.39 is 11.4 Å². The summed E-state index contributed by atoms with van der Waals surface area (Å²) in [5.74, 6) is -1.11. The van der Waals surface area contributed by atoms with E-state index >= 15 is 0 Å². The van der Waals surface area contributed by atoms with Crippen molar-refractivity contribution in [2.45, 2.75) is 37.6 Å². The van der Waals surface area contributed by atoms with Crippen LogP contribution in [-0.4, -0.2) is 23.9 Å². The molecular formula is C15H16ClFN2O2. The Bertz CT molecular complexity index is 579. The van der Waals surface area contributed by atoms with Gasteiger partial charge < -0.3 is 5.32 Å². The van der Waals surface area contributed by atoms with E-state index in [9.17, 15) is 14.0 Å². The maximum absolute atomic E-state index is 14.1. The molecule has 2 amide bonds. The number of carbonyl (C=O) groups is 2. The summed E-state index contributed by atoms with van der Waals surface area (Å²) < 4.78 is 14.1. The molecule has 0 unspecified atom stereocenters. The third-order valence-electron chi connectivity index (χ3n) is 4.25. The van der Waals surface area contributed by atoms with Gasteiger partial charge in [-0.3, -0.25) is 14.5 Å². The van der Waals surface area contributed by atoms with E-state index in [1.807, 2.05) is 0 Å². The number of hydrogen-bond acceptors (Lipinski definition) is 2. The zero-order valence-electron chi connectivity index (χ0n) is 11.5. The molecule has 112 valence electrons. The molecule has 2 fully saturated rings. The van der Waals surface area contributed by atoms with E-state index in [1.165, 1.54) is 23.1 Å². The summed E-state index contributed by atoms with van der Waals surface area (Å²) in [6, 6.07) is 4.24. The molecule has 1 spiro atoms. The highest BCUT2D eigenvalue weighted by Crippen LogP contribution is 2.36. The molecule has 1 aromatic carbocycles. The van der Waals surface area contributed by atoms with Crippen LogP contribution in [0.4, 0.5) is 10.1 Å². The number of nitrogens with one attached hydrogen (secondary N) is 1. The van der Waals surface area contributed by atoms with E-state index in [0.717, 1.165) is 19.3 Å². The number of hydrogen-bond donors (Lipinski definition) is 1. The second-order valence-electron chi connectivity index (χ2n) is 5.65. The molecule has 0 bridgehead atoms. The molecule has 1 saturated carbocycles. The highest BCUT2D eigenvalue weighted by Gasteiger charge is 2.48. The number of para-hydroxylation sites is 1. The fraction of sp³-hybridized carbons (Fsp3) is 0.467. The Kier molecular flexibility index (Phi) is 3.61. The normalized spacial score (nSPS) is 21.5. The van der Waals surface area contributed by atoms with Crippen LogP contribution in [0.25, 0.3) is 0 Å². The lowest BCUT2D eigenvalue weighted by molar-refractivity contribution is -0.137. The van der Waals surface area contributed by atoms with Gasteiger partial charge in [-0.15, -0.1) is 0 Å². The number of nitrogens with zero attached hydrogens (tertiary/aromatic N) is 1. The summed E-state index contributed by atoms with van der Waals surface area (Å²) in [5, 5.41) is 2.97. The van der Waals surface area contributed by atoms with Gasteiger partial charge in [-0.1, -0.05) is 36.9 Å². The molecule has 4 nitrogen and oxygen atoms in total. The van der Waals surface area contributed by atoms with E-state index in [2.05, 4.69) is 5.32 Å². The first-order valence-electron chi connectivity index (χ1n) is 7.10. The first-order valence-corrected chi connectivity index (χ1v) is 7.48. The SMILES string of the molecule is O=C1CN(c2c(F)cccc2Cl)C(=O)C2(CCCCC2)N1. The second-order valence-corrected chi connectivity index (χ2v) is 6.06. The molecule has 0 atom stereocenters. The number of piperazine rings is 1. The summed E-state index contributed by atoms with van der Waals surface area (Å²) in [7, 11) is 0. The largest absolute Gasteiger partial charge is 0.340 e. The van der Waals surface area contributed by atoms with Crippen molar-refractivity contribution in [1.82, 2.24) is 5.32 Å². The molecule has 0 radical (unpaired) electrons. The highest BCUT2D eigenvalue weighted by atomic mass is 35.5. The van der Waals surface area contributed by atoms with Crippen LogP contribution in [0.5, 0.6) is 0 Å². The van der Waals surface area contributed by atoms with E-state index in [-0.39, 0.29) is 29.1 Å². The molecule has 1 aliphatic carbocycles. The zero-order valence-corrected chi connectivity index (χ0v) is 12.3. The van der Waals surface area contributed by atoms with Gasteiger partial charge in [-0.2, -0.15) is 0 Å². The standard InChI is InChI=1S/C15H16ClFN2O2/c16-10-5-4-6-11(17)13(10)19-9-12(20)18-15(14(19)21)7-2-1-3-8-15/h4-6H,1-3,7-9H2,(H,18,20). The summed E-state index contributed by atoms with van der Waals surface area (Å²) in [4.78, 5) is 26.1. The zero-order chi connectivity index (χ0) is 15.0. The van der Waals surface area contributed by atoms with Gasteiger partial charge in [0.1, 0.15) is 17.9 Å². The van der Waals surface area contributed by atoms with E-state index in [1.54, 1.807) is 0 Å². The topological polar surface area (TPSA) is 49.4 Å². The van der Waals surface area contributed by atoms with Crippen molar-refractivity contribution >= 4 is 29.1 Å². The van der Waals surface area contributed by atoms with Crippen LogP contribution in [-0.2, 0) is 9.59 Å². The monoisotopic (exact) mass is 310 g/mol. The van der Waals surface area contributed by atoms with Gasteiger partial charge in [-0.05, 0) is 25.0 Å². The molecule has 3 rings (SSSR count). The molecule has 2 aliphatic rings. The predicted octanol–water partition coefficient (Wildman–Crippen LogP) is 2.64. The van der Waals surface area contributed by atoms with Crippen LogP contribution in [0.15, 0.2) is 18.2 Å². The van der Waals surface area contributed by atoms with Crippen LogP contribution in [0, 0.1) is 5.82 Å². The molecule has 21 heavy (non-hydrogen) atoms. The maximum atomic E-state index is 14.1. The highest BCUT2D eigenvalue weighted by molar-refractivity contribution is 6.34. The smallest absolute Gasteiger partial charge is 0.253 e. The van der Waals surface area contributed by atoms with Crippen LogP contribution < -0.4 is 10.2 Å². The number of rotatable bonds is 1. The van der Waals surface area contributed by atoms with Gasteiger partial charge in [0.2, 0.25) is 5.91 Å². The van der Waals surface area contributed by atoms with Crippen LogP contribution in [0.2, 0.25) is 5.02 Å². The van der Waals surface area contributed by atoms with Crippen molar-refractivity contribution in [3.05, 3.63) is 29.0 Å². The maximum Gasteiger partial charge on any atom is 0.253 e. The number of halogens is 2. The Balaban J connectivity index is 2.02. The molecule has 1 aliphatic heterocycles. The summed E-state index contributed by atoms with van der Waals surface area (Å²) >= 11 is 6.04. The minimum absolute atomic E-state index is 0.00367.